The van der Waals surface area contributed by atoms with Crippen LogP contribution >= 0.6 is 0 Å². The van der Waals surface area contributed by atoms with Gasteiger partial charge in [0.25, 0.3) is 0 Å². The highest BCUT2D eigenvalue weighted by atomic mass is 16.4. The maximum absolute atomic E-state index is 12.0. The minimum Gasteiger partial charge on any atom is -0.481 e. The number of hydrogen-bond acceptors (Lipinski definition) is 3. The lowest BCUT2D eigenvalue weighted by molar-refractivity contribution is -0.141. The molecule has 1 aromatic carbocycles. The Morgan fingerprint density at radius 1 is 1.42 bits per heavy atom. The molecule has 1 heterocycles. The molecule has 2 N–H and O–H groups in total. The number of aliphatic carboxylic acids is 1. The quantitative estimate of drug-likeness (QED) is 0.842. The van der Waals surface area contributed by atoms with Gasteiger partial charge in [0, 0.05) is 26.1 Å². The summed E-state index contributed by atoms with van der Waals surface area (Å²) in [7, 11) is 1.79. The summed E-state index contributed by atoms with van der Waals surface area (Å²) in [6.07, 6.45) is 0.394. The minimum absolute atomic E-state index is 0.00453. The van der Waals surface area contributed by atoms with Crippen LogP contribution in [0.5, 0.6) is 0 Å². The first-order valence-corrected chi connectivity index (χ1v) is 6.36. The van der Waals surface area contributed by atoms with E-state index < -0.39 is 11.9 Å². The van der Waals surface area contributed by atoms with Crippen molar-refractivity contribution in [2.75, 3.05) is 20.1 Å². The highest BCUT2D eigenvalue weighted by molar-refractivity contribution is 5.81. The van der Waals surface area contributed by atoms with E-state index in [2.05, 4.69) is 5.32 Å². The van der Waals surface area contributed by atoms with Crippen molar-refractivity contribution in [1.82, 2.24) is 10.2 Å². The normalized spacial score (nSPS) is 17.9. The fraction of sp³-hybridized carbons (Fsp3) is 0.429. The molecule has 5 heteroatoms. The molecule has 1 amide bonds. The number of nitrogens with one attached hydrogen (secondary N) is 1. The number of benzene rings is 1. The van der Waals surface area contributed by atoms with Crippen LogP contribution in [0.2, 0.25) is 0 Å². The predicted molar refractivity (Wildman–Crippen MR) is 70.8 cm³/mol. The lowest BCUT2D eigenvalue weighted by Crippen LogP contribution is -2.41. The molecule has 0 saturated heterocycles. The number of carbonyl (C=O) groups excluding carboxylic acids is 1. The summed E-state index contributed by atoms with van der Waals surface area (Å²) in [5.74, 6) is -1.50. The van der Waals surface area contributed by atoms with Gasteiger partial charge in [-0.1, -0.05) is 24.3 Å². The van der Waals surface area contributed by atoms with Crippen LogP contribution in [0.1, 0.15) is 23.5 Å². The molecule has 1 aliphatic rings. The molecule has 1 atom stereocenters. The maximum atomic E-state index is 12.0. The topological polar surface area (TPSA) is 69.6 Å². The number of nitrogens with zero attached hydrogens (tertiary/aromatic N) is 1. The summed E-state index contributed by atoms with van der Waals surface area (Å²) in [5, 5.41) is 12.2. The van der Waals surface area contributed by atoms with Gasteiger partial charge in [-0.2, -0.15) is 0 Å². The van der Waals surface area contributed by atoms with Crippen molar-refractivity contribution >= 4 is 11.9 Å². The zero-order valence-electron chi connectivity index (χ0n) is 10.9. The average Bonchev–Trinajstić information content (AvgIpc) is 2.43. The van der Waals surface area contributed by atoms with Crippen LogP contribution in [0, 0.1) is 0 Å². The Labute approximate surface area is 112 Å². The van der Waals surface area contributed by atoms with E-state index in [1.54, 1.807) is 11.9 Å². The van der Waals surface area contributed by atoms with Gasteiger partial charge in [0.2, 0.25) is 5.91 Å². The van der Waals surface area contributed by atoms with Crippen LogP contribution < -0.4 is 5.32 Å². The minimum atomic E-state index is -0.876. The van der Waals surface area contributed by atoms with Crippen molar-refractivity contribution in [3.05, 3.63) is 35.4 Å². The molecular formula is C14H18N2O3. The molecule has 0 bridgehead atoms. The van der Waals surface area contributed by atoms with Crippen LogP contribution in [0.4, 0.5) is 0 Å². The smallest absolute Gasteiger partial charge is 0.312 e. The van der Waals surface area contributed by atoms with E-state index in [0.717, 1.165) is 11.1 Å². The van der Waals surface area contributed by atoms with Crippen LogP contribution in [0.25, 0.3) is 0 Å². The number of carboxylic acid groups (broad SMARTS) is 1. The first-order chi connectivity index (χ1) is 9.13. The number of carboxylic acids is 1. The van der Waals surface area contributed by atoms with Gasteiger partial charge < -0.3 is 15.3 Å². The molecule has 1 unspecified atom stereocenters. The van der Waals surface area contributed by atoms with E-state index in [-0.39, 0.29) is 12.5 Å². The fourth-order valence-corrected chi connectivity index (χ4v) is 2.40. The molecule has 0 fully saturated rings. The third-order valence-corrected chi connectivity index (χ3v) is 3.43. The molecule has 0 spiro atoms. The molecule has 0 saturated carbocycles. The van der Waals surface area contributed by atoms with Gasteiger partial charge in [0.1, 0.15) is 0 Å². The summed E-state index contributed by atoms with van der Waals surface area (Å²) in [6.45, 7) is 1.37. The molecule has 102 valence electrons. The van der Waals surface area contributed by atoms with Crippen molar-refractivity contribution in [3.8, 4) is 0 Å². The van der Waals surface area contributed by atoms with E-state index >= 15 is 0 Å². The van der Waals surface area contributed by atoms with Crippen LogP contribution in [0.3, 0.4) is 0 Å². The molecule has 0 radical (unpaired) electrons. The summed E-state index contributed by atoms with van der Waals surface area (Å²) < 4.78 is 0. The first kappa shape index (κ1) is 13.5. The van der Waals surface area contributed by atoms with Crippen molar-refractivity contribution in [3.63, 3.8) is 0 Å². The van der Waals surface area contributed by atoms with Crippen molar-refractivity contribution in [2.24, 2.45) is 0 Å². The Bertz CT molecular complexity index is 487. The Hall–Kier alpha value is -1.88. The molecule has 1 aromatic rings. The van der Waals surface area contributed by atoms with Crippen molar-refractivity contribution in [1.29, 1.82) is 0 Å². The summed E-state index contributed by atoms with van der Waals surface area (Å²) in [5.41, 5.74) is 1.76. The van der Waals surface area contributed by atoms with E-state index in [1.165, 1.54) is 0 Å². The summed E-state index contributed by atoms with van der Waals surface area (Å²) >= 11 is 0. The van der Waals surface area contributed by atoms with Gasteiger partial charge in [-0.05, 0) is 18.2 Å². The van der Waals surface area contributed by atoms with Crippen LogP contribution in [-0.4, -0.2) is 42.0 Å². The van der Waals surface area contributed by atoms with E-state index in [1.807, 2.05) is 24.3 Å². The van der Waals surface area contributed by atoms with E-state index in [9.17, 15) is 14.7 Å². The SMILES string of the molecule is CNCCC(=O)N1Cc2ccccc2C(C(=O)O)C1. The largest absolute Gasteiger partial charge is 0.481 e. The van der Waals surface area contributed by atoms with Crippen LogP contribution in [0.15, 0.2) is 24.3 Å². The van der Waals surface area contributed by atoms with E-state index in [4.69, 9.17) is 0 Å². The molecule has 2 rings (SSSR count). The second-order valence-corrected chi connectivity index (χ2v) is 4.72. The number of hydrogen-bond donors (Lipinski definition) is 2. The highest BCUT2D eigenvalue weighted by Gasteiger charge is 2.31. The molecule has 0 aromatic heterocycles. The van der Waals surface area contributed by atoms with E-state index in [0.29, 0.717) is 19.5 Å². The molecule has 0 aliphatic carbocycles. The third-order valence-electron chi connectivity index (χ3n) is 3.43. The van der Waals surface area contributed by atoms with Crippen molar-refractivity contribution in [2.45, 2.75) is 18.9 Å². The second kappa shape index (κ2) is 5.84. The summed E-state index contributed by atoms with van der Waals surface area (Å²) in [4.78, 5) is 25.0. The highest BCUT2D eigenvalue weighted by Crippen LogP contribution is 2.28. The Morgan fingerprint density at radius 2 is 2.16 bits per heavy atom. The predicted octanol–water partition coefficient (Wildman–Crippen LogP) is 0.806. The van der Waals surface area contributed by atoms with Gasteiger partial charge in [-0.15, -0.1) is 0 Å². The van der Waals surface area contributed by atoms with Crippen molar-refractivity contribution < 1.29 is 14.7 Å². The second-order valence-electron chi connectivity index (χ2n) is 4.72. The number of fused-ring (bicyclic) bond motifs is 1. The standard InChI is InChI=1S/C14H18N2O3/c1-15-7-6-13(17)16-8-10-4-2-3-5-11(10)12(9-16)14(18)19/h2-5,12,15H,6-9H2,1H3,(H,18,19). The number of carbonyl (C=O) groups is 2. The zero-order chi connectivity index (χ0) is 13.8. The Morgan fingerprint density at radius 3 is 2.84 bits per heavy atom. The molecule has 1 aliphatic heterocycles. The lowest BCUT2D eigenvalue weighted by Gasteiger charge is -2.32. The monoisotopic (exact) mass is 262 g/mol. The molecule has 5 nitrogen and oxygen atoms in total. The lowest BCUT2D eigenvalue weighted by atomic mass is 9.89. The Balaban J connectivity index is 2.20. The van der Waals surface area contributed by atoms with Gasteiger partial charge in [-0.25, -0.2) is 0 Å². The van der Waals surface area contributed by atoms with Gasteiger partial charge in [-0.3, -0.25) is 9.59 Å². The number of rotatable bonds is 4. The maximum Gasteiger partial charge on any atom is 0.312 e. The summed E-state index contributed by atoms with van der Waals surface area (Å²) in [6, 6.07) is 7.44. The fourth-order valence-electron chi connectivity index (χ4n) is 2.40. The molecule has 19 heavy (non-hydrogen) atoms. The third kappa shape index (κ3) is 2.93. The average molecular weight is 262 g/mol. The number of amides is 1. The zero-order valence-corrected chi connectivity index (χ0v) is 10.9. The van der Waals surface area contributed by atoms with Gasteiger partial charge in [0.05, 0.1) is 5.92 Å². The van der Waals surface area contributed by atoms with Crippen LogP contribution in [-0.2, 0) is 16.1 Å². The molecular weight excluding hydrogens is 244 g/mol. The van der Waals surface area contributed by atoms with Gasteiger partial charge in [0.15, 0.2) is 0 Å². The first-order valence-electron chi connectivity index (χ1n) is 6.36. The van der Waals surface area contributed by atoms with Gasteiger partial charge >= 0.3 is 5.97 Å². The Kier molecular flexibility index (Phi) is 4.16.